The molecule has 1 N–H and O–H groups in total. The van der Waals surface area contributed by atoms with Gasteiger partial charge in [-0.05, 0) is 50.2 Å². The van der Waals surface area contributed by atoms with Gasteiger partial charge in [0.25, 0.3) is 0 Å². The van der Waals surface area contributed by atoms with E-state index in [1.54, 1.807) is 7.11 Å². The third-order valence-corrected chi connectivity index (χ3v) is 4.58. The van der Waals surface area contributed by atoms with Crippen LogP contribution in [-0.4, -0.2) is 37.8 Å². The van der Waals surface area contributed by atoms with Crippen LogP contribution in [0.3, 0.4) is 0 Å². The van der Waals surface area contributed by atoms with Crippen LogP contribution in [0.2, 0.25) is 0 Å². The third kappa shape index (κ3) is 3.95. The lowest BCUT2D eigenvalue weighted by Crippen LogP contribution is -2.37. The van der Waals surface area contributed by atoms with E-state index in [1.807, 2.05) is 0 Å². The molecule has 2 heterocycles. The smallest absolute Gasteiger partial charge is 0.128 e. The average Bonchev–Trinajstić information content (AvgIpc) is 3.31. The van der Waals surface area contributed by atoms with E-state index in [0.29, 0.717) is 5.92 Å². The van der Waals surface area contributed by atoms with Gasteiger partial charge in [0, 0.05) is 38.5 Å². The molecular weight excluding hydrogens is 262 g/mol. The van der Waals surface area contributed by atoms with Crippen molar-refractivity contribution in [3.05, 3.63) is 23.4 Å². The zero-order chi connectivity index (χ0) is 14.7. The molecule has 2 aliphatic rings. The molecule has 0 aromatic carbocycles. The lowest BCUT2D eigenvalue weighted by molar-refractivity contribution is 0.143. The standard InChI is InChI=1S/C17H27N3O/c1-13-15(10-18-16-6-7-16)5-8-17(19-13)20-9-3-4-14(11-20)12-21-2/h5,8,14,16,18H,3-4,6-7,9-12H2,1-2H3. The van der Waals surface area contributed by atoms with Crippen molar-refractivity contribution in [1.82, 2.24) is 10.3 Å². The highest BCUT2D eigenvalue weighted by molar-refractivity contribution is 5.42. The molecular formula is C17H27N3O. The fraction of sp³-hybridized carbons (Fsp3) is 0.706. The van der Waals surface area contributed by atoms with Crippen molar-refractivity contribution in [2.75, 3.05) is 31.7 Å². The quantitative estimate of drug-likeness (QED) is 0.873. The Labute approximate surface area is 127 Å². The molecule has 0 spiro atoms. The molecule has 1 saturated heterocycles. The van der Waals surface area contributed by atoms with Crippen LogP contribution in [0.25, 0.3) is 0 Å². The first-order valence-corrected chi connectivity index (χ1v) is 8.20. The Kier molecular flexibility index (Phi) is 4.76. The number of hydrogen-bond donors (Lipinski definition) is 1. The average molecular weight is 289 g/mol. The molecule has 1 aliphatic heterocycles. The third-order valence-electron chi connectivity index (χ3n) is 4.58. The molecule has 3 rings (SSSR count). The number of anilines is 1. The fourth-order valence-corrected chi connectivity index (χ4v) is 3.13. The molecule has 21 heavy (non-hydrogen) atoms. The number of aryl methyl sites for hydroxylation is 1. The summed E-state index contributed by atoms with van der Waals surface area (Å²) in [6, 6.07) is 5.18. The Morgan fingerprint density at radius 2 is 2.19 bits per heavy atom. The predicted octanol–water partition coefficient (Wildman–Crippen LogP) is 2.50. The van der Waals surface area contributed by atoms with Crippen LogP contribution in [-0.2, 0) is 11.3 Å². The number of aromatic nitrogens is 1. The van der Waals surface area contributed by atoms with E-state index in [1.165, 1.54) is 31.2 Å². The van der Waals surface area contributed by atoms with Gasteiger partial charge < -0.3 is 15.0 Å². The minimum atomic E-state index is 0.641. The van der Waals surface area contributed by atoms with E-state index in [9.17, 15) is 0 Å². The van der Waals surface area contributed by atoms with E-state index in [-0.39, 0.29) is 0 Å². The van der Waals surface area contributed by atoms with E-state index >= 15 is 0 Å². The first kappa shape index (κ1) is 14.8. The summed E-state index contributed by atoms with van der Waals surface area (Å²) < 4.78 is 5.31. The normalized spacial score (nSPS) is 22.6. The monoisotopic (exact) mass is 289 g/mol. The maximum Gasteiger partial charge on any atom is 0.128 e. The van der Waals surface area contributed by atoms with E-state index in [4.69, 9.17) is 9.72 Å². The summed E-state index contributed by atoms with van der Waals surface area (Å²) in [7, 11) is 1.79. The largest absolute Gasteiger partial charge is 0.384 e. The van der Waals surface area contributed by atoms with Crippen molar-refractivity contribution in [2.45, 2.75) is 45.2 Å². The number of piperidine rings is 1. The molecule has 2 fully saturated rings. The van der Waals surface area contributed by atoms with Crippen molar-refractivity contribution < 1.29 is 4.74 Å². The number of nitrogens with one attached hydrogen (secondary N) is 1. The van der Waals surface area contributed by atoms with Gasteiger partial charge in [-0.2, -0.15) is 0 Å². The molecule has 0 radical (unpaired) electrons. The summed E-state index contributed by atoms with van der Waals surface area (Å²) in [5.41, 5.74) is 2.49. The zero-order valence-electron chi connectivity index (χ0n) is 13.3. The number of rotatable bonds is 6. The first-order valence-electron chi connectivity index (χ1n) is 8.20. The maximum atomic E-state index is 5.31. The van der Waals surface area contributed by atoms with Gasteiger partial charge in [-0.25, -0.2) is 4.98 Å². The van der Waals surface area contributed by atoms with Crippen molar-refractivity contribution >= 4 is 5.82 Å². The minimum absolute atomic E-state index is 0.641. The molecule has 4 nitrogen and oxygen atoms in total. The lowest BCUT2D eigenvalue weighted by atomic mass is 9.99. The van der Waals surface area contributed by atoms with Gasteiger partial charge in [-0.1, -0.05) is 6.07 Å². The van der Waals surface area contributed by atoms with Crippen molar-refractivity contribution in [1.29, 1.82) is 0 Å². The molecule has 0 amide bonds. The molecule has 0 bridgehead atoms. The Morgan fingerprint density at radius 1 is 1.33 bits per heavy atom. The highest BCUT2D eigenvalue weighted by Gasteiger charge is 2.22. The fourth-order valence-electron chi connectivity index (χ4n) is 3.13. The maximum absolute atomic E-state index is 5.31. The molecule has 116 valence electrons. The van der Waals surface area contributed by atoms with Crippen molar-refractivity contribution in [2.24, 2.45) is 5.92 Å². The number of methoxy groups -OCH3 is 1. The second-order valence-corrected chi connectivity index (χ2v) is 6.48. The van der Waals surface area contributed by atoms with Crippen LogP contribution in [0.1, 0.15) is 36.9 Å². The van der Waals surface area contributed by atoms with Crippen molar-refractivity contribution in [3.8, 4) is 0 Å². The van der Waals surface area contributed by atoms with Crippen molar-refractivity contribution in [3.63, 3.8) is 0 Å². The summed E-state index contributed by atoms with van der Waals surface area (Å²) in [5.74, 6) is 1.77. The number of ether oxygens (including phenoxy) is 1. The van der Waals surface area contributed by atoms with Crippen LogP contribution in [0.4, 0.5) is 5.82 Å². The molecule has 1 unspecified atom stereocenters. The second kappa shape index (κ2) is 6.75. The highest BCUT2D eigenvalue weighted by Crippen LogP contribution is 2.24. The molecule has 1 atom stereocenters. The van der Waals surface area contributed by atoms with Crippen LogP contribution in [0.5, 0.6) is 0 Å². The van der Waals surface area contributed by atoms with Gasteiger partial charge in [0.1, 0.15) is 5.82 Å². The molecule has 1 aromatic rings. The van der Waals surface area contributed by atoms with Crippen LogP contribution >= 0.6 is 0 Å². The topological polar surface area (TPSA) is 37.4 Å². The number of nitrogens with zero attached hydrogens (tertiary/aromatic N) is 2. The Hall–Kier alpha value is -1.13. The SMILES string of the molecule is COCC1CCCN(c2ccc(CNC3CC3)c(C)n2)C1. The van der Waals surface area contributed by atoms with Gasteiger partial charge in [0.05, 0.1) is 6.61 Å². The lowest BCUT2D eigenvalue weighted by Gasteiger charge is -2.33. The predicted molar refractivity (Wildman–Crippen MR) is 85.6 cm³/mol. The van der Waals surface area contributed by atoms with Gasteiger partial charge >= 0.3 is 0 Å². The van der Waals surface area contributed by atoms with E-state index in [0.717, 1.165) is 43.8 Å². The van der Waals surface area contributed by atoms with Crippen LogP contribution in [0, 0.1) is 12.8 Å². The van der Waals surface area contributed by atoms with Crippen LogP contribution < -0.4 is 10.2 Å². The minimum Gasteiger partial charge on any atom is -0.384 e. The number of pyridine rings is 1. The Bertz CT molecular complexity index is 471. The van der Waals surface area contributed by atoms with Crippen LogP contribution in [0.15, 0.2) is 12.1 Å². The summed E-state index contributed by atoms with van der Waals surface area (Å²) in [6.07, 6.45) is 5.17. The summed E-state index contributed by atoms with van der Waals surface area (Å²) in [6.45, 7) is 6.13. The molecule has 4 heteroatoms. The van der Waals surface area contributed by atoms with E-state index in [2.05, 4.69) is 29.3 Å². The summed E-state index contributed by atoms with van der Waals surface area (Å²) >= 11 is 0. The Balaban J connectivity index is 1.62. The molecule has 1 aliphatic carbocycles. The first-order chi connectivity index (χ1) is 10.3. The second-order valence-electron chi connectivity index (χ2n) is 6.48. The summed E-state index contributed by atoms with van der Waals surface area (Å²) in [5, 5.41) is 3.57. The van der Waals surface area contributed by atoms with Gasteiger partial charge in [-0.15, -0.1) is 0 Å². The number of hydrogen-bond acceptors (Lipinski definition) is 4. The van der Waals surface area contributed by atoms with Gasteiger partial charge in [-0.3, -0.25) is 0 Å². The van der Waals surface area contributed by atoms with E-state index < -0.39 is 0 Å². The Morgan fingerprint density at radius 3 is 2.90 bits per heavy atom. The van der Waals surface area contributed by atoms with Gasteiger partial charge in [0.2, 0.25) is 0 Å². The van der Waals surface area contributed by atoms with Gasteiger partial charge in [0.15, 0.2) is 0 Å². The zero-order valence-corrected chi connectivity index (χ0v) is 13.3. The molecule has 1 saturated carbocycles. The summed E-state index contributed by atoms with van der Waals surface area (Å²) in [4.78, 5) is 7.25. The highest BCUT2D eigenvalue weighted by atomic mass is 16.5. The molecule has 1 aromatic heterocycles.